The predicted molar refractivity (Wildman–Crippen MR) is 156 cm³/mol. The second-order valence-electron chi connectivity index (χ2n) is 11.6. The highest BCUT2D eigenvalue weighted by Gasteiger charge is 2.26. The number of hydrogen-bond acceptors (Lipinski definition) is 8. The van der Waals surface area contributed by atoms with E-state index >= 15 is 0 Å². The van der Waals surface area contributed by atoms with Gasteiger partial charge in [-0.05, 0) is 36.5 Å². The van der Waals surface area contributed by atoms with E-state index in [1.165, 1.54) is 32.1 Å². The Kier molecular flexibility index (Phi) is 22.7. The summed E-state index contributed by atoms with van der Waals surface area (Å²) in [6.45, 7) is 12.8. The first-order chi connectivity index (χ1) is 18.6. The van der Waals surface area contributed by atoms with Crippen molar-refractivity contribution in [3.8, 4) is 0 Å². The van der Waals surface area contributed by atoms with E-state index in [-0.39, 0.29) is 13.2 Å². The minimum atomic E-state index is -4.78. The molecule has 0 saturated heterocycles. The molecule has 0 amide bonds. The van der Waals surface area contributed by atoms with E-state index < -0.39 is 41.1 Å². The molecular weight excluding hydrogens is 562 g/mol. The summed E-state index contributed by atoms with van der Waals surface area (Å²) in [5.41, 5.74) is 0. The van der Waals surface area contributed by atoms with Gasteiger partial charge < -0.3 is 29.3 Å². The second kappa shape index (κ2) is 22.6. The van der Waals surface area contributed by atoms with Crippen LogP contribution in [-0.2, 0) is 32.2 Å². The fourth-order valence-corrected chi connectivity index (χ4v) is 5.04. The van der Waals surface area contributed by atoms with Crippen molar-refractivity contribution < 1.29 is 52.0 Å². The van der Waals surface area contributed by atoms with Gasteiger partial charge in [-0.15, -0.1) is 0 Å². The average molecular weight is 621 g/mol. The number of aliphatic hydroxyl groups excluding tert-OH is 1. The first kappa shape index (κ1) is 40.1. The van der Waals surface area contributed by atoms with Crippen LogP contribution in [0.2, 0.25) is 0 Å². The van der Waals surface area contributed by atoms with Crippen molar-refractivity contribution in [2.24, 2.45) is 23.7 Å². The number of phosphoric acid groups is 2. The molecule has 0 aromatic carbocycles. The van der Waals surface area contributed by atoms with Crippen LogP contribution >= 0.6 is 15.6 Å². The lowest BCUT2D eigenvalue weighted by molar-refractivity contribution is -0.0492. The van der Waals surface area contributed by atoms with Gasteiger partial charge in [-0.3, -0.25) is 13.6 Å². The molecule has 0 bridgehead atoms. The molecule has 11 nitrogen and oxygen atoms in total. The van der Waals surface area contributed by atoms with E-state index in [1.54, 1.807) is 0 Å². The topological polar surface area (TPSA) is 161 Å². The van der Waals surface area contributed by atoms with Crippen LogP contribution < -0.4 is 0 Å². The minimum absolute atomic E-state index is 0.195. The lowest BCUT2D eigenvalue weighted by atomic mass is 9.96. The molecule has 0 aliphatic rings. The van der Waals surface area contributed by atoms with Crippen LogP contribution in [0.3, 0.4) is 0 Å². The van der Waals surface area contributed by atoms with Crippen LogP contribution in [0.5, 0.6) is 0 Å². The lowest BCUT2D eigenvalue weighted by Crippen LogP contribution is -2.27. The first-order valence-electron chi connectivity index (χ1n) is 14.8. The molecule has 0 saturated carbocycles. The Morgan fingerprint density at radius 3 is 1.75 bits per heavy atom. The van der Waals surface area contributed by atoms with E-state index in [1.807, 2.05) is 0 Å². The summed E-state index contributed by atoms with van der Waals surface area (Å²) in [7, 11) is -9.34. The third-order valence-electron chi connectivity index (χ3n) is 6.88. The molecule has 0 rings (SSSR count). The highest BCUT2D eigenvalue weighted by Crippen LogP contribution is 2.43. The summed E-state index contributed by atoms with van der Waals surface area (Å²) in [5, 5.41) is 9.67. The summed E-state index contributed by atoms with van der Waals surface area (Å²) in [5.74, 6) is 2.46. The lowest BCUT2D eigenvalue weighted by Gasteiger charge is -2.22. The number of hydrogen-bond donors (Lipinski definition) is 4. The molecule has 0 aliphatic heterocycles. The molecule has 0 aliphatic carbocycles. The van der Waals surface area contributed by atoms with Gasteiger partial charge in [0.15, 0.2) is 0 Å². The number of rotatable bonds is 27. The van der Waals surface area contributed by atoms with Crippen LogP contribution in [0.15, 0.2) is 0 Å². The average Bonchev–Trinajstić information content (AvgIpc) is 2.86. The monoisotopic (exact) mass is 620 g/mol. The molecular formula is C27H58O11P2. The van der Waals surface area contributed by atoms with E-state index in [9.17, 15) is 19.1 Å². The van der Waals surface area contributed by atoms with E-state index in [4.69, 9.17) is 28.3 Å². The van der Waals surface area contributed by atoms with Crippen molar-refractivity contribution >= 4 is 15.6 Å². The number of aliphatic hydroxyl groups is 1. The van der Waals surface area contributed by atoms with Crippen LogP contribution in [-0.4, -0.2) is 71.6 Å². The standard InChI is InChI=1S/C27H58O11P2/c1-7-23(4)11-9-13-24(5)14-16-34-20-27(35-17-15-25(6)12-8-10-22(2)3)21-38-40(32,33)37-19-26(28)18-36-39(29,30)31/h22-28H,7-21H2,1-6H3,(H,32,33)(H2,29,30,31)/t23-,24-,25-,26-,27+/m1/s1. The van der Waals surface area contributed by atoms with Crippen LogP contribution in [0.4, 0.5) is 0 Å². The third kappa shape index (κ3) is 25.8. The van der Waals surface area contributed by atoms with Gasteiger partial charge in [0.1, 0.15) is 12.2 Å². The quantitative estimate of drug-likeness (QED) is 0.0621. The third-order valence-corrected chi connectivity index (χ3v) is 8.32. The van der Waals surface area contributed by atoms with Gasteiger partial charge in [0, 0.05) is 13.2 Å². The van der Waals surface area contributed by atoms with Gasteiger partial charge >= 0.3 is 15.6 Å². The van der Waals surface area contributed by atoms with Crippen molar-refractivity contribution in [3.63, 3.8) is 0 Å². The van der Waals surface area contributed by atoms with E-state index in [0.29, 0.717) is 31.0 Å². The Balaban J connectivity index is 4.65. The molecule has 6 atom stereocenters. The van der Waals surface area contributed by atoms with Gasteiger partial charge in [-0.2, -0.15) is 0 Å². The van der Waals surface area contributed by atoms with E-state index in [2.05, 4.69) is 46.1 Å². The molecule has 40 heavy (non-hydrogen) atoms. The molecule has 0 aromatic rings. The van der Waals surface area contributed by atoms with Crippen molar-refractivity contribution in [1.82, 2.24) is 0 Å². The highest BCUT2D eigenvalue weighted by molar-refractivity contribution is 7.47. The molecule has 0 spiro atoms. The van der Waals surface area contributed by atoms with Gasteiger partial charge in [0.25, 0.3) is 0 Å². The summed E-state index contributed by atoms with van der Waals surface area (Å²) in [6.07, 6.45) is 7.92. The van der Waals surface area contributed by atoms with Crippen molar-refractivity contribution in [3.05, 3.63) is 0 Å². The maximum absolute atomic E-state index is 12.3. The Labute approximate surface area is 242 Å². The molecule has 242 valence electrons. The second-order valence-corrected chi connectivity index (χ2v) is 14.3. The fourth-order valence-electron chi connectivity index (χ4n) is 3.89. The van der Waals surface area contributed by atoms with Gasteiger partial charge in [0.05, 0.1) is 26.4 Å². The van der Waals surface area contributed by atoms with Crippen molar-refractivity contribution in [2.45, 2.75) is 112 Å². The SMILES string of the molecule is CC[C@@H](C)CCC[C@@H](C)CCOC[C@@H](COP(=O)(O)OC[C@H](O)COP(=O)(O)O)OCC[C@H](C)CCCC(C)C. The summed E-state index contributed by atoms with van der Waals surface area (Å²) in [4.78, 5) is 27.3. The van der Waals surface area contributed by atoms with E-state index in [0.717, 1.165) is 31.6 Å². The normalized spacial score (nSPS) is 17.9. The maximum atomic E-state index is 12.3. The zero-order valence-electron chi connectivity index (χ0n) is 25.6. The maximum Gasteiger partial charge on any atom is 0.472 e. The summed E-state index contributed by atoms with van der Waals surface area (Å²) < 4.78 is 48.8. The van der Waals surface area contributed by atoms with Gasteiger partial charge in [-0.25, -0.2) is 9.13 Å². The molecule has 0 heterocycles. The number of phosphoric ester groups is 2. The molecule has 0 fully saturated rings. The van der Waals surface area contributed by atoms with Gasteiger partial charge in [-0.1, -0.05) is 86.5 Å². The predicted octanol–water partition coefficient (Wildman–Crippen LogP) is 6.09. The molecule has 4 N–H and O–H groups in total. The largest absolute Gasteiger partial charge is 0.472 e. The minimum Gasteiger partial charge on any atom is -0.388 e. The van der Waals surface area contributed by atoms with Crippen molar-refractivity contribution in [1.29, 1.82) is 0 Å². The van der Waals surface area contributed by atoms with Crippen LogP contribution in [0, 0.1) is 23.7 Å². The Morgan fingerprint density at radius 1 is 0.650 bits per heavy atom. The van der Waals surface area contributed by atoms with Crippen LogP contribution in [0.25, 0.3) is 0 Å². The zero-order chi connectivity index (χ0) is 30.6. The molecule has 0 aromatic heterocycles. The molecule has 13 heteroatoms. The molecule has 0 radical (unpaired) electrons. The summed E-state index contributed by atoms with van der Waals surface area (Å²) >= 11 is 0. The highest BCUT2D eigenvalue weighted by atomic mass is 31.2. The fraction of sp³-hybridized carbons (Fsp3) is 1.00. The first-order valence-corrected chi connectivity index (χ1v) is 17.8. The Hall–Kier alpha value is 0.1000. The Bertz CT molecular complexity index is 704. The Morgan fingerprint density at radius 2 is 1.18 bits per heavy atom. The summed E-state index contributed by atoms with van der Waals surface area (Å²) in [6, 6.07) is 0. The van der Waals surface area contributed by atoms with Crippen LogP contribution in [0.1, 0.15) is 99.3 Å². The zero-order valence-corrected chi connectivity index (χ0v) is 27.4. The van der Waals surface area contributed by atoms with Gasteiger partial charge in [0.2, 0.25) is 0 Å². The molecule has 1 unspecified atom stereocenters. The number of ether oxygens (including phenoxy) is 2. The van der Waals surface area contributed by atoms with Crippen molar-refractivity contribution in [2.75, 3.05) is 39.6 Å². The smallest absolute Gasteiger partial charge is 0.388 e.